The van der Waals surface area contributed by atoms with Gasteiger partial charge in [-0.25, -0.2) is 4.79 Å². The molecule has 4 nitrogen and oxygen atoms in total. The minimum Gasteiger partial charge on any atom is -0.508 e. The molecule has 14 heavy (non-hydrogen) atoms. The average molecular weight is 194 g/mol. The highest BCUT2D eigenvalue weighted by Gasteiger charge is 2.03. The van der Waals surface area contributed by atoms with Crippen molar-refractivity contribution in [1.82, 2.24) is 0 Å². The van der Waals surface area contributed by atoms with E-state index in [1.807, 2.05) is 0 Å². The third kappa shape index (κ3) is 2.82. The molecule has 0 radical (unpaired) electrons. The Morgan fingerprint density at radius 1 is 1.29 bits per heavy atom. The van der Waals surface area contributed by atoms with Gasteiger partial charge in [-0.2, -0.15) is 0 Å². The molecule has 0 unspecified atom stereocenters. The van der Waals surface area contributed by atoms with Gasteiger partial charge in [-0.1, -0.05) is 6.08 Å². The second kappa shape index (κ2) is 4.32. The first-order chi connectivity index (χ1) is 6.61. The highest BCUT2D eigenvalue weighted by atomic mass is 16.5. The van der Waals surface area contributed by atoms with Crippen LogP contribution in [0.15, 0.2) is 30.4 Å². The molecule has 2 N–H and O–H groups in total. The fourth-order valence-electron chi connectivity index (χ4n) is 0.913. The lowest BCUT2D eigenvalue weighted by Gasteiger charge is -2.02. The van der Waals surface area contributed by atoms with Crippen LogP contribution in [0.1, 0.15) is 6.92 Å². The normalized spacial score (nSPS) is 10.4. The van der Waals surface area contributed by atoms with Crippen LogP contribution in [0.3, 0.4) is 0 Å². The Kier molecular flexibility index (Phi) is 3.12. The standard InChI is InChI=1S/C10H10O4/c1-2-3-10(13)14-9-5-7(11)4-8(12)6-9/h2-6,11-12H,1H3/b3-2+. The molecule has 0 amide bonds. The molecule has 1 rings (SSSR count). The molecule has 0 fully saturated rings. The number of allylic oxidation sites excluding steroid dienone is 1. The van der Waals surface area contributed by atoms with E-state index < -0.39 is 5.97 Å². The Morgan fingerprint density at radius 2 is 1.86 bits per heavy atom. The van der Waals surface area contributed by atoms with Crippen LogP contribution in [0.4, 0.5) is 0 Å². The lowest BCUT2D eigenvalue weighted by molar-refractivity contribution is -0.128. The van der Waals surface area contributed by atoms with Crippen molar-refractivity contribution in [1.29, 1.82) is 0 Å². The Labute approximate surface area is 81.1 Å². The molecular weight excluding hydrogens is 184 g/mol. The molecule has 74 valence electrons. The predicted octanol–water partition coefficient (Wildman–Crippen LogP) is 1.58. The van der Waals surface area contributed by atoms with Crippen LogP contribution in [0.25, 0.3) is 0 Å². The van der Waals surface area contributed by atoms with Crippen molar-refractivity contribution in [2.45, 2.75) is 6.92 Å². The minimum atomic E-state index is -0.558. The number of hydrogen-bond acceptors (Lipinski definition) is 4. The molecule has 0 saturated heterocycles. The second-order valence-electron chi connectivity index (χ2n) is 2.61. The van der Waals surface area contributed by atoms with Gasteiger partial charge in [-0.15, -0.1) is 0 Å². The van der Waals surface area contributed by atoms with Crippen molar-refractivity contribution < 1.29 is 19.7 Å². The van der Waals surface area contributed by atoms with Crippen LogP contribution < -0.4 is 4.74 Å². The molecule has 1 aromatic rings. The molecule has 0 aliphatic carbocycles. The molecule has 0 saturated carbocycles. The number of ether oxygens (including phenoxy) is 1. The summed E-state index contributed by atoms with van der Waals surface area (Å²) < 4.78 is 4.77. The van der Waals surface area contributed by atoms with Gasteiger partial charge in [0.15, 0.2) is 0 Å². The van der Waals surface area contributed by atoms with Crippen LogP contribution in [-0.4, -0.2) is 16.2 Å². The monoisotopic (exact) mass is 194 g/mol. The third-order valence-electron chi connectivity index (χ3n) is 1.40. The van der Waals surface area contributed by atoms with Gasteiger partial charge in [-0.3, -0.25) is 0 Å². The number of aromatic hydroxyl groups is 2. The lowest BCUT2D eigenvalue weighted by Crippen LogP contribution is -2.03. The maximum Gasteiger partial charge on any atom is 0.335 e. The number of carbonyl (C=O) groups is 1. The van der Waals surface area contributed by atoms with Crippen molar-refractivity contribution in [3.8, 4) is 17.2 Å². The summed E-state index contributed by atoms with van der Waals surface area (Å²) in [4.78, 5) is 11.0. The Bertz CT molecular complexity index is 348. The Morgan fingerprint density at radius 3 is 2.36 bits per heavy atom. The number of phenols is 2. The van der Waals surface area contributed by atoms with Gasteiger partial charge < -0.3 is 14.9 Å². The van der Waals surface area contributed by atoms with Crippen LogP contribution in [0, 0.1) is 0 Å². The van der Waals surface area contributed by atoms with Crippen molar-refractivity contribution in [2.75, 3.05) is 0 Å². The van der Waals surface area contributed by atoms with Gasteiger partial charge in [0.05, 0.1) is 0 Å². The van der Waals surface area contributed by atoms with Gasteiger partial charge in [0.25, 0.3) is 0 Å². The predicted molar refractivity (Wildman–Crippen MR) is 50.2 cm³/mol. The molecular formula is C10H10O4. The zero-order chi connectivity index (χ0) is 10.6. The van der Waals surface area contributed by atoms with Crippen LogP contribution in [0.2, 0.25) is 0 Å². The summed E-state index contributed by atoms with van der Waals surface area (Å²) in [6, 6.07) is 3.62. The van der Waals surface area contributed by atoms with Gasteiger partial charge in [0, 0.05) is 24.3 Å². The largest absolute Gasteiger partial charge is 0.508 e. The van der Waals surface area contributed by atoms with Crippen molar-refractivity contribution in [2.24, 2.45) is 0 Å². The van der Waals surface area contributed by atoms with E-state index in [4.69, 9.17) is 14.9 Å². The fraction of sp³-hybridized carbons (Fsp3) is 0.100. The molecule has 4 heteroatoms. The topological polar surface area (TPSA) is 66.8 Å². The molecule has 0 heterocycles. The molecule has 0 aromatic heterocycles. The highest BCUT2D eigenvalue weighted by molar-refractivity contribution is 5.84. The summed E-state index contributed by atoms with van der Waals surface area (Å²) in [5.74, 6) is -0.773. The first-order valence-electron chi connectivity index (χ1n) is 3.99. The van der Waals surface area contributed by atoms with E-state index in [0.29, 0.717) is 0 Å². The molecule has 0 bridgehead atoms. The summed E-state index contributed by atoms with van der Waals surface area (Å²) in [6.45, 7) is 1.68. The SMILES string of the molecule is C/C=C/C(=O)Oc1cc(O)cc(O)c1. The number of esters is 1. The van der Waals surface area contributed by atoms with Crippen molar-refractivity contribution in [3.05, 3.63) is 30.4 Å². The third-order valence-corrected chi connectivity index (χ3v) is 1.40. The number of carbonyl (C=O) groups excluding carboxylic acids is 1. The molecule has 1 aromatic carbocycles. The van der Waals surface area contributed by atoms with Gasteiger partial charge >= 0.3 is 5.97 Å². The van der Waals surface area contributed by atoms with E-state index in [1.165, 1.54) is 24.3 Å². The quantitative estimate of drug-likeness (QED) is 0.426. The van der Waals surface area contributed by atoms with Crippen molar-refractivity contribution in [3.63, 3.8) is 0 Å². The van der Waals surface area contributed by atoms with Crippen LogP contribution in [0.5, 0.6) is 17.2 Å². The second-order valence-corrected chi connectivity index (χ2v) is 2.61. The van der Waals surface area contributed by atoms with Gasteiger partial charge in [0.1, 0.15) is 17.2 Å². The number of hydrogen-bond donors (Lipinski definition) is 2. The highest BCUT2D eigenvalue weighted by Crippen LogP contribution is 2.25. The zero-order valence-electron chi connectivity index (χ0n) is 7.60. The maximum absolute atomic E-state index is 11.0. The molecule has 0 spiro atoms. The smallest absolute Gasteiger partial charge is 0.335 e. The first kappa shape index (κ1) is 10.1. The summed E-state index contributed by atoms with van der Waals surface area (Å²) in [6.07, 6.45) is 2.77. The van der Waals surface area contributed by atoms with E-state index in [-0.39, 0.29) is 17.2 Å². The number of benzene rings is 1. The van der Waals surface area contributed by atoms with Crippen LogP contribution in [-0.2, 0) is 4.79 Å². The van der Waals surface area contributed by atoms with E-state index in [0.717, 1.165) is 6.07 Å². The Hall–Kier alpha value is -1.97. The van der Waals surface area contributed by atoms with E-state index in [9.17, 15) is 4.79 Å². The molecule has 0 aliphatic rings. The fourth-order valence-corrected chi connectivity index (χ4v) is 0.913. The van der Waals surface area contributed by atoms with E-state index in [1.54, 1.807) is 6.92 Å². The van der Waals surface area contributed by atoms with Crippen LogP contribution >= 0.6 is 0 Å². The molecule has 0 atom stereocenters. The number of rotatable bonds is 2. The molecule has 0 aliphatic heterocycles. The summed E-state index contributed by atoms with van der Waals surface area (Å²) in [5, 5.41) is 18.1. The van der Waals surface area contributed by atoms with Crippen molar-refractivity contribution >= 4 is 5.97 Å². The minimum absolute atomic E-state index is 0.102. The summed E-state index contributed by atoms with van der Waals surface area (Å²) in [7, 11) is 0. The van der Waals surface area contributed by atoms with Gasteiger partial charge in [-0.05, 0) is 6.92 Å². The van der Waals surface area contributed by atoms with Gasteiger partial charge in [0.2, 0.25) is 0 Å². The maximum atomic E-state index is 11.0. The lowest BCUT2D eigenvalue weighted by atomic mass is 10.3. The number of phenolic OH excluding ortho intramolecular Hbond substituents is 2. The summed E-state index contributed by atoms with van der Waals surface area (Å²) >= 11 is 0. The van der Waals surface area contributed by atoms with E-state index in [2.05, 4.69) is 0 Å². The van der Waals surface area contributed by atoms with E-state index >= 15 is 0 Å². The first-order valence-corrected chi connectivity index (χ1v) is 3.99. The zero-order valence-corrected chi connectivity index (χ0v) is 7.60. The Balaban J connectivity index is 2.81. The average Bonchev–Trinajstić information content (AvgIpc) is 2.01. The summed E-state index contributed by atoms with van der Waals surface area (Å²) in [5.41, 5.74) is 0.